The second-order valence-corrected chi connectivity index (χ2v) is 10.6. The van der Waals surface area contributed by atoms with Crippen molar-refractivity contribution >= 4 is 11.8 Å². The van der Waals surface area contributed by atoms with Crippen LogP contribution in [0.3, 0.4) is 0 Å². The van der Waals surface area contributed by atoms with Crippen LogP contribution < -0.4 is 4.74 Å². The molecule has 1 fully saturated rings. The maximum atomic E-state index is 13.6. The third-order valence-corrected chi connectivity index (χ3v) is 7.49. The third-order valence-electron chi connectivity index (χ3n) is 7.49. The van der Waals surface area contributed by atoms with E-state index in [1.807, 2.05) is 32.0 Å². The maximum Gasteiger partial charge on any atom is 0.259 e. The molecular formula is C30H39N5O4. The van der Waals surface area contributed by atoms with E-state index in [4.69, 9.17) is 4.74 Å². The van der Waals surface area contributed by atoms with Gasteiger partial charge in [-0.05, 0) is 57.0 Å². The minimum atomic E-state index is -0.390. The Morgan fingerprint density at radius 3 is 2.74 bits per heavy atom. The molecule has 2 aromatic rings. The summed E-state index contributed by atoms with van der Waals surface area (Å²) in [5, 5.41) is 9.89. The Balaban J connectivity index is 1.54. The van der Waals surface area contributed by atoms with Gasteiger partial charge in [-0.3, -0.25) is 9.59 Å². The summed E-state index contributed by atoms with van der Waals surface area (Å²) in [6.07, 6.45) is 7.00. The Bertz CT molecular complexity index is 1190. The first-order valence-corrected chi connectivity index (χ1v) is 13.8. The summed E-state index contributed by atoms with van der Waals surface area (Å²) in [5.74, 6) is 5.94. The lowest BCUT2D eigenvalue weighted by Gasteiger charge is -2.37. The second-order valence-electron chi connectivity index (χ2n) is 10.6. The number of carbonyl (C=O) groups excluding carboxylic acids is 2. The molecule has 0 aliphatic carbocycles. The quantitative estimate of drug-likeness (QED) is 0.546. The minimum Gasteiger partial charge on any atom is -0.472 e. The lowest BCUT2D eigenvalue weighted by atomic mass is 9.99. The number of hydrogen-bond donors (Lipinski definition) is 1. The van der Waals surface area contributed by atoms with Gasteiger partial charge in [0.25, 0.3) is 5.91 Å². The predicted molar refractivity (Wildman–Crippen MR) is 148 cm³/mol. The molecule has 208 valence electrons. The zero-order valence-electron chi connectivity index (χ0n) is 23.2. The molecule has 1 N–H and O–H groups in total. The summed E-state index contributed by atoms with van der Waals surface area (Å²) in [4.78, 5) is 41.0. The van der Waals surface area contributed by atoms with E-state index in [9.17, 15) is 14.7 Å². The highest BCUT2D eigenvalue weighted by Gasteiger charge is 2.34. The molecule has 9 heteroatoms. The van der Waals surface area contributed by atoms with Crippen molar-refractivity contribution in [2.75, 3.05) is 46.4 Å². The molecule has 4 heterocycles. The van der Waals surface area contributed by atoms with Gasteiger partial charge in [-0.1, -0.05) is 25.3 Å². The van der Waals surface area contributed by atoms with Crippen LogP contribution in [0.5, 0.6) is 5.88 Å². The molecule has 0 radical (unpaired) electrons. The third kappa shape index (κ3) is 7.55. The molecule has 2 aliphatic rings. The van der Waals surface area contributed by atoms with Crippen LogP contribution in [0.2, 0.25) is 0 Å². The van der Waals surface area contributed by atoms with E-state index in [0.29, 0.717) is 36.3 Å². The average molecular weight is 534 g/mol. The van der Waals surface area contributed by atoms with E-state index < -0.39 is 6.04 Å². The van der Waals surface area contributed by atoms with Crippen molar-refractivity contribution in [3.63, 3.8) is 0 Å². The summed E-state index contributed by atoms with van der Waals surface area (Å²) in [7, 11) is 1.80. The number of carbonyl (C=O) groups is 2. The number of amides is 2. The van der Waals surface area contributed by atoms with Crippen LogP contribution in [0.4, 0.5) is 0 Å². The largest absolute Gasteiger partial charge is 0.472 e. The van der Waals surface area contributed by atoms with Crippen LogP contribution in [-0.2, 0) is 4.79 Å². The highest BCUT2D eigenvalue weighted by molar-refractivity contribution is 5.97. The fourth-order valence-corrected chi connectivity index (χ4v) is 4.96. The Labute approximate surface area is 231 Å². The number of ether oxygens (including phenoxy) is 1. The number of rotatable bonds is 7. The number of pyridine rings is 2. The van der Waals surface area contributed by atoms with Crippen molar-refractivity contribution in [2.24, 2.45) is 5.92 Å². The molecule has 2 aromatic heterocycles. The SMILES string of the molecule is C[C@H](CO)N1C[C@H](C)[C@@H](CN(C)C(=O)CCN2CCCCC2)Oc2ncc(C#Cc3ccccn3)cc2C1=O. The fraction of sp³-hybridized carbons (Fsp3) is 0.533. The predicted octanol–water partition coefficient (Wildman–Crippen LogP) is 2.43. The molecule has 2 aliphatic heterocycles. The number of fused-ring (bicyclic) bond motifs is 1. The minimum absolute atomic E-state index is 0.0726. The lowest BCUT2D eigenvalue weighted by molar-refractivity contribution is -0.131. The molecule has 1 saturated heterocycles. The molecule has 3 atom stereocenters. The Kier molecular flexibility index (Phi) is 9.90. The number of likely N-dealkylation sites (N-methyl/N-ethyl adjacent to an activating group) is 1. The number of likely N-dealkylation sites (tertiary alicyclic amines) is 1. The first-order chi connectivity index (χ1) is 18.9. The van der Waals surface area contributed by atoms with Gasteiger partial charge in [0.05, 0.1) is 19.2 Å². The number of aliphatic hydroxyl groups is 1. The van der Waals surface area contributed by atoms with Crippen LogP contribution in [0.25, 0.3) is 0 Å². The van der Waals surface area contributed by atoms with Crippen LogP contribution in [0, 0.1) is 17.8 Å². The van der Waals surface area contributed by atoms with Crippen molar-refractivity contribution in [3.05, 3.63) is 53.5 Å². The molecule has 2 amide bonds. The molecule has 4 rings (SSSR count). The van der Waals surface area contributed by atoms with E-state index in [0.717, 1.165) is 19.6 Å². The normalized spacial score (nSPS) is 20.5. The van der Waals surface area contributed by atoms with Crippen molar-refractivity contribution in [3.8, 4) is 17.7 Å². The van der Waals surface area contributed by atoms with E-state index in [2.05, 4.69) is 26.7 Å². The van der Waals surface area contributed by atoms with Gasteiger partial charge >= 0.3 is 0 Å². The standard InChI is InChI=1S/C30H39N5O4/c1-22-19-35(23(2)21-36)30(38)26-17-24(10-11-25-9-5-6-13-31-25)18-32-29(26)39-27(22)20-33(3)28(37)12-16-34-14-7-4-8-15-34/h5-6,9,13,17-18,22-23,27,36H,4,7-8,12,14-16,19-21H2,1-3H3/t22-,23+,27+/m0/s1. The molecule has 0 saturated carbocycles. The summed E-state index contributed by atoms with van der Waals surface area (Å²) >= 11 is 0. The maximum absolute atomic E-state index is 13.6. The van der Waals surface area contributed by atoms with Crippen molar-refractivity contribution in [2.45, 2.75) is 51.7 Å². The molecule has 39 heavy (non-hydrogen) atoms. The molecule has 0 spiro atoms. The first-order valence-electron chi connectivity index (χ1n) is 13.8. The molecule has 9 nitrogen and oxygen atoms in total. The zero-order valence-corrected chi connectivity index (χ0v) is 23.2. The van der Waals surface area contributed by atoms with E-state index in [1.165, 1.54) is 19.3 Å². The Morgan fingerprint density at radius 1 is 1.23 bits per heavy atom. The number of piperidine rings is 1. The van der Waals surface area contributed by atoms with Gasteiger partial charge in [0.2, 0.25) is 11.8 Å². The van der Waals surface area contributed by atoms with E-state index in [1.54, 1.807) is 35.3 Å². The molecule has 0 aromatic carbocycles. The van der Waals surface area contributed by atoms with Crippen molar-refractivity contribution in [1.82, 2.24) is 24.7 Å². The van der Waals surface area contributed by atoms with Gasteiger partial charge in [0, 0.05) is 50.4 Å². The second kappa shape index (κ2) is 13.5. The van der Waals surface area contributed by atoms with Gasteiger partial charge in [-0.2, -0.15) is 0 Å². The number of aliphatic hydroxyl groups excluding tert-OH is 1. The first kappa shape index (κ1) is 28.5. The van der Waals surface area contributed by atoms with Gasteiger partial charge in [-0.15, -0.1) is 0 Å². The van der Waals surface area contributed by atoms with Crippen LogP contribution in [0.15, 0.2) is 36.7 Å². The van der Waals surface area contributed by atoms with Crippen molar-refractivity contribution in [1.29, 1.82) is 0 Å². The van der Waals surface area contributed by atoms with Crippen LogP contribution in [-0.4, -0.2) is 100 Å². The highest BCUT2D eigenvalue weighted by atomic mass is 16.5. The Hall–Kier alpha value is -3.48. The van der Waals surface area contributed by atoms with Crippen LogP contribution in [0.1, 0.15) is 61.1 Å². The van der Waals surface area contributed by atoms with Gasteiger partial charge in [-0.25, -0.2) is 9.97 Å². The average Bonchev–Trinajstić information content (AvgIpc) is 2.97. The zero-order chi connectivity index (χ0) is 27.8. The Morgan fingerprint density at radius 2 is 2.03 bits per heavy atom. The van der Waals surface area contributed by atoms with E-state index >= 15 is 0 Å². The molecule has 0 unspecified atom stereocenters. The van der Waals surface area contributed by atoms with Gasteiger partial charge in [0.15, 0.2) is 0 Å². The smallest absolute Gasteiger partial charge is 0.259 e. The van der Waals surface area contributed by atoms with Crippen molar-refractivity contribution < 1.29 is 19.4 Å². The monoisotopic (exact) mass is 533 g/mol. The molecule has 0 bridgehead atoms. The number of aromatic nitrogens is 2. The molecular weight excluding hydrogens is 494 g/mol. The van der Waals surface area contributed by atoms with E-state index in [-0.39, 0.29) is 36.3 Å². The topological polar surface area (TPSA) is 99.1 Å². The fourth-order valence-electron chi connectivity index (χ4n) is 4.96. The lowest BCUT2D eigenvalue weighted by Crippen LogP contribution is -2.50. The van der Waals surface area contributed by atoms with Crippen LogP contribution >= 0.6 is 0 Å². The number of nitrogens with zero attached hydrogens (tertiary/aromatic N) is 5. The summed E-state index contributed by atoms with van der Waals surface area (Å²) in [6, 6.07) is 6.78. The number of hydrogen-bond acceptors (Lipinski definition) is 7. The summed E-state index contributed by atoms with van der Waals surface area (Å²) < 4.78 is 6.33. The van der Waals surface area contributed by atoms with Gasteiger partial charge < -0.3 is 24.5 Å². The van der Waals surface area contributed by atoms with Gasteiger partial charge in [0.1, 0.15) is 17.4 Å². The summed E-state index contributed by atoms with van der Waals surface area (Å²) in [6.45, 7) is 7.29. The highest BCUT2D eigenvalue weighted by Crippen LogP contribution is 2.27. The summed E-state index contributed by atoms with van der Waals surface area (Å²) in [5.41, 5.74) is 1.46.